The van der Waals surface area contributed by atoms with Crippen molar-refractivity contribution in [2.45, 2.75) is 19.4 Å². The average molecular weight is 304 g/mol. The molecular formula is C16H18BrN. The van der Waals surface area contributed by atoms with Gasteiger partial charge < -0.3 is 5.32 Å². The van der Waals surface area contributed by atoms with Crippen LogP contribution in [-0.4, -0.2) is 7.05 Å². The maximum Gasteiger partial charge on any atom is 0.0358 e. The quantitative estimate of drug-likeness (QED) is 0.890. The Hall–Kier alpha value is -1.12. The smallest absolute Gasteiger partial charge is 0.0358 e. The molecule has 1 unspecified atom stereocenters. The van der Waals surface area contributed by atoms with Gasteiger partial charge in [-0.25, -0.2) is 0 Å². The molecule has 2 aromatic rings. The number of rotatable bonds is 4. The van der Waals surface area contributed by atoms with Gasteiger partial charge in [0.2, 0.25) is 0 Å². The Bertz CT molecular complexity index is 508. The Morgan fingerprint density at radius 2 is 1.83 bits per heavy atom. The first-order valence-corrected chi connectivity index (χ1v) is 6.97. The lowest BCUT2D eigenvalue weighted by molar-refractivity contribution is 0.591. The zero-order chi connectivity index (χ0) is 13.0. The van der Waals surface area contributed by atoms with E-state index in [4.69, 9.17) is 0 Å². The van der Waals surface area contributed by atoms with Crippen molar-refractivity contribution in [2.75, 3.05) is 7.05 Å². The molecule has 0 radical (unpaired) electrons. The van der Waals surface area contributed by atoms with E-state index in [9.17, 15) is 0 Å². The summed E-state index contributed by atoms with van der Waals surface area (Å²) in [4.78, 5) is 0. The second-order valence-corrected chi connectivity index (χ2v) is 5.39. The fraction of sp³-hybridized carbons (Fsp3) is 0.250. The van der Waals surface area contributed by atoms with E-state index < -0.39 is 0 Å². The summed E-state index contributed by atoms with van der Waals surface area (Å²) in [5.74, 6) is 0. The normalized spacial score (nSPS) is 12.4. The number of hydrogen-bond acceptors (Lipinski definition) is 1. The lowest BCUT2D eigenvalue weighted by atomic mass is 9.98. The Balaban J connectivity index is 2.20. The van der Waals surface area contributed by atoms with Gasteiger partial charge in [-0.3, -0.25) is 0 Å². The van der Waals surface area contributed by atoms with Crippen LogP contribution in [0.1, 0.15) is 22.7 Å². The van der Waals surface area contributed by atoms with E-state index in [-0.39, 0.29) is 0 Å². The molecule has 0 amide bonds. The van der Waals surface area contributed by atoms with Crippen molar-refractivity contribution in [1.29, 1.82) is 0 Å². The zero-order valence-electron chi connectivity index (χ0n) is 10.8. The van der Waals surface area contributed by atoms with Crippen LogP contribution >= 0.6 is 15.9 Å². The molecule has 0 fully saturated rings. The lowest BCUT2D eigenvalue weighted by Gasteiger charge is -2.17. The molecule has 1 nitrogen and oxygen atoms in total. The molecule has 0 aliphatic heterocycles. The highest BCUT2D eigenvalue weighted by Crippen LogP contribution is 2.24. The monoisotopic (exact) mass is 303 g/mol. The molecule has 0 saturated heterocycles. The molecule has 0 saturated carbocycles. The molecule has 0 aromatic heterocycles. The highest BCUT2D eigenvalue weighted by Gasteiger charge is 2.10. The number of halogens is 1. The molecule has 2 aromatic carbocycles. The lowest BCUT2D eigenvalue weighted by Crippen LogP contribution is -2.18. The van der Waals surface area contributed by atoms with E-state index in [0.29, 0.717) is 6.04 Å². The Morgan fingerprint density at radius 1 is 1.11 bits per heavy atom. The molecule has 1 atom stereocenters. The van der Waals surface area contributed by atoms with Crippen LogP contribution in [0, 0.1) is 6.92 Å². The number of likely N-dealkylation sites (N-methyl/N-ethyl adjacent to an activating group) is 1. The van der Waals surface area contributed by atoms with Crippen molar-refractivity contribution in [1.82, 2.24) is 5.32 Å². The third-order valence-electron chi connectivity index (χ3n) is 3.23. The molecule has 0 aliphatic rings. The minimum Gasteiger partial charge on any atom is -0.313 e. The molecular weight excluding hydrogens is 286 g/mol. The Kier molecular flexibility index (Phi) is 4.56. The average Bonchev–Trinajstić information content (AvgIpc) is 2.40. The van der Waals surface area contributed by atoms with Crippen LogP contribution in [0.25, 0.3) is 0 Å². The standard InChI is InChI=1S/C16H18BrN/c1-12-8-9-14(11-15(12)17)16(18-2)10-13-6-4-3-5-7-13/h3-9,11,16,18H,10H2,1-2H3. The first-order valence-electron chi connectivity index (χ1n) is 6.18. The highest BCUT2D eigenvalue weighted by atomic mass is 79.9. The molecule has 0 bridgehead atoms. The summed E-state index contributed by atoms with van der Waals surface area (Å²) < 4.78 is 1.17. The fourth-order valence-electron chi connectivity index (χ4n) is 2.06. The van der Waals surface area contributed by atoms with Crippen LogP contribution in [0.15, 0.2) is 53.0 Å². The molecule has 2 heteroatoms. The van der Waals surface area contributed by atoms with Gasteiger partial charge in [0, 0.05) is 10.5 Å². The molecule has 1 N–H and O–H groups in total. The van der Waals surface area contributed by atoms with Crippen LogP contribution in [0.5, 0.6) is 0 Å². The first kappa shape index (κ1) is 13.3. The largest absolute Gasteiger partial charge is 0.313 e. The van der Waals surface area contributed by atoms with Gasteiger partial charge in [-0.15, -0.1) is 0 Å². The van der Waals surface area contributed by atoms with Gasteiger partial charge >= 0.3 is 0 Å². The summed E-state index contributed by atoms with van der Waals surface area (Å²) in [6.07, 6.45) is 1.01. The van der Waals surface area contributed by atoms with Crippen molar-refractivity contribution >= 4 is 15.9 Å². The van der Waals surface area contributed by atoms with Gasteiger partial charge in [-0.1, -0.05) is 58.4 Å². The minimum absolute atomic E-state index is 0.351. The third kappa shape index (κ3) is 3.21. The Labute approximate surface area is 117 Å². The maximum atomic E-state index is 3.60. The first-order chi connectivity index (χ1) is 8.70. The van der Waals surface area contributed by atoms with E-state index >= 15 is 0 Å². The van der Waals surface area contributed by atoms with Crippen molar-refractivity contribution in [3.8, 4) is 0 Å². The molecule has 2 rings (SSSR count). The van der Waals surface area contributed by atoms with E-state index in [1.54, 1.807) is 0 Å². The number of nitrogens with one attached hydrogen (secondary N) is 1. The van der Waals surface area contributed by atoms with Crippen LogP contribution in [-0.2, 0) is 6.42 Å². The number of aryl methyl sites for hydroxylation is 1. The van der Waals surface area contributed by atoms with E-state index in [2.05, 4.69) is 76.7 Å². The predicted molar refractivity (Wildman–Crippen MR) is 80.8 cm³/mol. The fourth-order valence-corrected chi connectivity index (χ4v) is 2.46. The summed E-state index contributed by atoms with van der Waals surface area (Å²) in [5.41, 5.74) is 3.95. The van der Waals surface area contributed by atoms with Gasteiger partial charge in [0.1, 0.15) is 0 Å². The summed E-state index contributed by atoms with van der Waals surface area (Å²) in [6.45, 7) is 2.11. The molecule has 18 heavy (non-hydrogen) atoms. The zero-order valence-corrected chi connectivity index (χ0v) is 12.4. The van der Waals surface area contributed by atoms with Gasteiger partial charge in [0.05, 0.1) is 0 Å². The van der Waals surface area contributed by atoms with Gasteiger partial charge in [0.25, 0.3) is 0 Å². The van der Waals surface area contributed by atoms with E-state index in [0.717, 1.165) is 6.42 Å². The van der Waals surface area contributed by atoms with Gasteiger partial charge in [-0.2, -0.15) is 0 Å². The molecule has 0 aliphatic carbocycles. The van der Waals surface area contributed by atoms with E-state index in [1.165, 1.54) is 21.2 Å². The second kappa shape index (κ2) is 6.17. The summed E-state index contributed by atoms with van der Waals surface area (Å²) in [7, 11) is 2.02. The van der Waals surface area contributed by atoms with Crippen LogP contribution in [0.2, 0.25) is 0 Å². The molecule has 0 heterocycles. The SMILES string of the molecule is CNC(Cc1ccccc1)c1ccc(C)c(Br)c1. The Morgan fingerprint density at radius 3 is 2.44 bits per heavy atom. The summed E-state index contributed by atoms with van der Waals surface area (Å²) in [5, 5.41) is 3.39. The molecule has 94 valence electrons. The van der Waals surface area contributed by atoms with Gasteiger partial charge in [-0.05, 0) is 43.1 Å². The van der Waals surface area contributed by atoms with Gasteiger partial charge in [0.15, 0.2) is 0 Å². The topological polar surface area (TPSA) is 12.0 Å². The van der Waals surface area contributed by atoms with Crippen LogP contribution < -0.4 is 5.32 Å². The second-order valence-electron chi connectivity index (χ2n) is 4.54. The minimum atomic E-state index is 0.351. The summed E-state index contributed by atoms with van der Waals surface area (Å²) >= 11 is 3.60. The van der Waals surface area contributed by atoms with Crippen molar-refractivity contribution in [3.05, 3.63) is 69.7 Å². The highest BCUT2D eigenvalue weighted by molar-refractivity contribution is 9.10. The van der Waals surface area contributed by atoms with Crippen LogP contribution in [0.3, 0.4) is 0 Å². The summed E-state index contributed by atoms with van der Waals surface area (Å²) in [6, 6.07) is 17.5. The van der Waals surface area contributed by atoms with Crippen LogP contribution in [0.4, 0.5) is 0 Å². The van der Waals surface area contributed by atoms with Crippen molar-refractivity contribution < 1.29 is 0 Å². The number of hydrogen-bond donors (Lipinski definition) is 1. The molecule has 0 spiro atoms. The maximum absolute atomic E-state index is 3.60. The number of benzene rings is 2. The van der Waals surface area contributed by atoms with Crippen molar-refractivity contribution in [3.63, 3.8) is 0 Å². The van der Waals surface area contributed by atoms with E-state index in [1.807, 2.05) is 7.05 Å². The van der Waals surface area contributed by atoms with Crippen molar-refractivity contribution in [2.24, 2.45) is 0 Å². The third-order valence-corrected chi connectivity index (χ3v) is 4.08. The predicted octanol–water partition coefficient (Wildman–Crippen LogP) is 4.26.